The van der Waals surface area contributed by atoms with Crippen molar-refractivity contribution in [2.24, 2.45) is 0 Å². The predicted octanol–water partition coefficient (Wildman–Crippen LogP) is 5.66. The van der Waals surface area contributed by atoms with Crippen LogP contribution in [0.3, 0.4) is 0 Å². The van der Waals surface area contributed by atoms with Gasteiger partial charge in [-0.1, -0.05) is 0 Å². The maximum absolute atomic E-state index is 12.3. The number of hydrogen-bond acceptors (Lipinski definition) is 3. The Morgan fingerprint density at radius 1 is 1.12 bits per heavy atom. The van der Waals surface area contributed by atoms with Crippen LogP contribution in [0.5, 0.6) is 0 Å². The van der Waals surface area contributed by atoms with E-state index < -0.39 is 21.1 Å². The zero-order valence-electron chi connectivity index (χ0n) is 16.2. The van der Waals surface area contributed by atoms with Crippen LogP contribution in [0.1, 0.15) is 95.2 Å². The minimum atomic E-state index is -0.930. The van der Waals surface area contributed by atoms with E-state index in [4.69, 9.17) is 0 Å². The van der Waals surface area contributed by atoms with Gasteiger partial charge in [-0.05, 0) is 0 Å². The van der Waals surface area contributed by atoms with Gasteiger partial charge >= 0.3 is 167 Å². The van der Waals surface area contributed by atoms with Gasteiger partial charge in [0.2, 0.25) is 0 Å². The van der Waals surface area contributed by atoms with Crippen LogP contribution in [0.2, 0.25) is 3.43 Å². The number of aromatic nitrogens is 2. The Morgan fingerprint density at radius 2 is 1.68 bits per heavy atom. The number of thiazole rings is 1. The van der Waals surface area contributed by atoms with Crippen LogP contribution in [-0.4, -0.2) is 36.3 Å². The van der Waals surface area contributed by atoms with Gasteiger partial charge in [-0.25, -0.2) is 0 Å². The summed E-state index contributed by atoms with van der Waals surface area (Å²) in [4.78, 5) is 18.7. The molecule has 0 fully saturated rings. The van der Waals surface area contributed by atoms with Crippen LogP contribution in [-0.2, 0) is 0 Å². The Bertz CT molecular complexity index is 655. The topological polar surface area (TPSA) is 34.4 Å². The Hall–Kier alpha value is -0.361. The van der Waals surface area contributed by atoms with E-state index in [-0.39, 0.29) is 5.78 Å². The summed E-state index contributed by atoms with van der Waals surface area (Å²) in [5.74, 6) is 0.236. The molecule has 2 radical (unpaired) electrons. The number of Topliss-reactive ketones (excluding diaryl/α,β-unsaturated/α-hetero) is 1. The van der Waals surface area contributed by atoms with E-state index >= 15 is 0 Å². The third-order valence-corrected chi connectivity index (χ3v) is 12.4. The van der Waals surface area contributed by atoms with E-state index in [0.29, 0.717) is 3.43 Å². The van der Waals surface area contributed by atoms with Crippen molar-refractivity contribution in [3.8, 4) is 0 Å². The molecular formula is C20H32N2OSSn. The first-order chi connectivity index (χ1) is 12.1. The number of nitrogens with zero attached hydrogens (tertiary/aromatic N) is 2. The van der Waals surface area contributed by atoms with Crippen molar-refractivity contribution in [2.75, 3.05) is 0 Å². The van der Waals surface area contributed by atoms with Crippen molar-refractivity contribution < 1.29 is 4.79 Å². The van der Waals surface area contributed by atoms with E-state index in [1.165, 1.54) is 61.5 Å². The molecule has 138 valence electrons. The predicted molar refractivity (Wildman–Crippen MR) is 110 cm³/mol. The van der Waals surface area contributed by atoms with Crippen molar-refractivity contribution in [2.45, 2.75) is 88.9 Å². The third kappa shape index (κ3) is 5.31. The molecule has 0 aliphatic heterocycles. The molecule has 0 spiro atoms. The molecule has 0 saturated heterocycles. The van der Waals surface area contributed by atoms with Crippen LogP contribution in [0.15, 0.2) is 12.5 Å². The van der Waals surface area contributed by atoms with Crippen LogP contribution in [0.25, 0.3) is 4.83 Å². The van der Waals surface area contributed by atoms with Crippen LogP contribution in [0.4, 0.5) is 0 Å². The zero-order chi connectivity index (χ0) is 18.3. The van der Waals surface area contributed by atoms with Gasteiger partial charge in [0.05, 0.1) is 0 Å². The van der Waals surface area contributed by atoms with Crippen molar-refractivity contribution in [3.05, 3.63) is 17.4 Å². The first-order valence-corrected chi connectivity index (χ1v) is 13.5. The molecule has 3 nitrogen and oxygen atoms in total. The molecule has 0 aromatic carbocycles. The molecular weight excluding hydrogens is 435 g/mol. The quantitative estimate of drug-likeness (QED) is 0.299. The SMILES string of the molecule is CCCC[C](CCCC)(CCCC)[Sn][c]1c(C(C)=O)sc2cncn12. The summed E-state index contributed by atoms with van der Waals surface area (Å²) in [7, 11) is 0. The summed E-state index contributed by atoms with van der Waals surface area (Å²) in [6, 6.07) is 0. The van der Waals surface area contributed by atoms with Crippen LogP contribution in [0, 0.1) is 0 Å². The molecule has 2 aromatic heterocycles. The summed E-state index contributed by atoms with van der Waals surface area (Å²) in [5.41, 5.74) is 0. The van der Waals surface area contributed by atoms with Gasteiger partial charge < -0.3 is 0 Å². The summed E-state index contributed by atoms with van der Waals surface area (Å²) in [6.45, 7) is 8.63. The fourth-order valence-corrected chi connectivity index (χ4v) is 11.1. The van der Waals surface area contributed by atoms with Crippen molar-refractivity contribution in [1.82, 2.24) is 9.38 Å². The second-order valence-electron chi connectivity index (χ2n) is 7.15. The Morgan fingerprint density at radius 3 is 2.16 bits per heavy atom. The molecule has 2 rings (SSSR count). The number of carbonyl (C=O) groups is 1. The monoisotopic (exact) mass is 468 g/mol. The molecule has 0 saturated carbocycles. The Balaban J connectivity index is 2.40. The molecule has 0 amide bonds. The van der Waals surface area contributed by atoms with Gasteiger partial charge in [0.1, 0.15) is 0 Å². The number of hydrogen-bond donors (Lipinski definition) is 0. The molecule has 0 unspecified atom stereocenters. The number of ketones is 1. The normalized spacial score (nSPS) is 12.2. The Labute approximate surface area is 166 Å². The van der Waals surface area contributed by atoms with Crippen molar-refractivity contribution in [1.29, 1.82) is 0 Å². The second-order valence-corrected chi connectivity index (χ2v) is 13.3. The van der Waals surface area contributed by atoms with Gasteiger partial charge in [-0.15, -0.1) is 0 Å². The summed E-state index contributed by atoms with van der Waals surface area (Å²) >= 11 is 0.714. The molecule has 0 N–H and O–H groups in total. The van der Waals surface area contributed by atoms with Gasteiger partial charge in [0.15, 0.2) is 0 Å². The first-order valence-electron chi connectivity index (χ1n) is 9.80. The van der Waals surface area contributed by atoms with Gasteiger partial charge in [-0.2, -0.15) is 0 Å². The number of imidazole rings is 1. The average molecular weight is 467 g/mol. The summed E-state index contributed by atoms with van der Waals surface area (Å²) in [6.07, 6.45) is 15.6. The molecule has 5 heteroatoms. The summed E-state index contributed by atoms with van der Waals surface area (Å²) < 4.78 is 4.11. The van der Waals surface area contributed by atoms with Crippen molar-refractivity contribution in [3.63, 3.8) is 0 Å². The zero-order valence-corrected chi connectivity index (χ0v) is 19.9. The molecule has 2 aromatic rings. The van der Waals surface area contributed by atoms with Gasteiger partial charge in [-0.3, -0.25) is 0 Å². The number of carbonyl (C=O) groups excluding carboxylic acids is 1. The van der Waals surface area contributed by atoms with E-state index in [1.807, 2.05) is 12.5 Å². The fourth-order valence-electron chi connectivity index (χ4n) is 3.50. The standard InChI is InChI=1S/C13H27.C7H5N2OS.Sn/c1-4-7-10-13(11-8-5-2)12-9-6-3;1-5(10)6-3-9-4-8-2-7(9)11-6;/h4-12H2,1-3H3;2,4H,1H3;. The van der Waals surface area contributed by atoms with Crippen LogP contribution < -0.4 is 3.71 Å². The molecule has 0 aliphatic rings. The van der Waals surface area contributed by atoms with E-state index in [1.54, 1.807) is 18.3 Å². The number of rotatable bonds is 12. The number of fused-ring (bicyclic) bond motifs is 1. The fraction of sp³-hybridized carbons (Fsp3) is 0.700. The second kappa shape index (κ2) is 10.1. The molecule has 0 bridgehead atoms. The molecule has 0 aliphatic carbocycles. The third-order valence-electron chi connectivity index (χ3n) is 5.00. The first kappa shape index (κ1) is 20.9. The van der Waals surface area contributed by atoms with Crippen molar-refractivity contribution >= 4 is 46.8 Å². The van der Waals surface area contributed by atoms with E-state index in [2.05, 4.69) is 30.2 Å². The van der Waals surface area contributed by atoms with E-state index in [0.717, 1.165) is 9.71 Å². The maximum atomic E-state index is 12.3. The van der Waals surface area contributed by atoms with Crippen LogP contribution >= 0.6 is 11.3 Å². The van der Waals surface area contributed by atoms with Gasteiger partial charge in [0, 0.05) is 0 Å². The van der Waals surface area contributed by atoms with E-state index in [9.17, 15) is 4.79 Å². The molecule has 2 heterocycles. The van der Waals surface area contributed by atoms with Gasteiger partial charge in [0.25, 0.3) is 0 Å². The number of unbranched alkanes of at least 4 members (excludes halogenated alkanes) is 3. The molecule has 25 heavy (non-hydrogen) atoms. The molecule has 0 atom stereocenters. The Kier molecular flexibility index (Phi) is 8.46. The minimum absolute atomic E-state index is 0.236. The summed E-state index contributed by atoms with van der Waals surface area (Å²) in [5, 5.41) is 0. The average Bonchev–Trinajstić information content (AvgIpc) is 3.18.